The fourth-order valence-electron chi connectivity index (χ4n) is 2.77. The lowest BCUT2D eigenvalue weighted by molar-refractivity contribution is -0.302. The van der Waals surface area contributed by atoms with Crippen LogP contribution in [-0.2, 0) is 4.79 Å². The Labute approximate surface area is 172 Å². The lowest BCUT2D eigenvalue weighted by atomic mass is 10.0. The van der Waals surface area contributed by atoms with Crippen LogP contribution in [0.2, 0.25) is 0 Å². The fourth-order valence-corrected chi connectivity index (χ4v) is 3.03. The van der Waals surface area contributed by atoms with Crippen LogP contribution in [0.1, 0.15) is 12.0 Å². The van der Waals surface area contributed by atoms with Gasteiger partial charge in [-0.1, -0.05) is 40.2 Å². The van der Waals surface area contributed by atoms with Crippen LogP contribution in [0, 0.1) is 0 Å². The minimum absolute atomic E-state index is 0.0415. The van der Waals surface area contributed by atoms with Gasteiger partial charge in [0, 0.05) is 4.47 Å². The highest BCUT2D eigenvalue weighted by Gasteiger charge is 2.63. The van der Waals surface area contributed by atoms with Crippen LogP contribution in [-0.4, -0.2) is 47.4 Å². The Bertz CT molecular complexity index is 934. The molecule has 2 aromatic rings. The number of ether oxygens (including phenoxy) is 2. The summed E-state index contributed by atoms with van der Waals surface area (Å²) in [5, 5.41) is 14.1. The van der Waals surface area contributed by atoms with Crippen molar-refractivity contribution in [3.05, 3.63) is 58.6 Å². The van der Waals surface area contributed by atoms with E-state index in [-0.39, 0.29) is 16.5 Å². The number of hydrogen-bond acceptors (Lipinski definition) is 5. The molecule has 1 aliphatic heterocycles. The Kier molecular flexibility index (Phi) is 5.85. The van der Waals surface area contributed by atoms with Gasteiger partial charge in [0.15, 0.2) is 18.1 Å². The van der Waals surface area contributed by atoms with Gasteiger partial charge in [-0.3, -0.25) is 4.79 Å². The summed E-state index contributed by atoms with van der Waals surface area (Å²) in [6.45, 7) is -0.768. The minimum atomic E-state index is -5.12. The number of alkyl halides is 3. The molecule has 1 atom stereocenters. The molecule has 0 saturated heterocycles. The molecule has 6 nitrogen and oxygen atoms in total. The van der Waals surface area contributed by atoms with Crippen LogP contribution in [0.5, 0.6) is 11.5 Å². The largest absolute Gasteiger partial charge is 0.493 e. The van der Waals surface area contributed by atoms with Crippen molar-refractivity contribution in [3.8, 4) is 11.5 Å². The SMILES string of the molecule is COc1ccccc1OCC(=O)N1N=C(c2ccc(Br)cc2)CC1(O)C(F)(F)F. The number of nitrogens with zero attached hydrogens (tertiary/aromatic N) is 2. The maximum atomic E-state index is 13.6. The summed E-state index contributed by atoms with van der Waals surface area (Å²) in [4.78, 5) is 12.5. The first-order chi connectivity index (χ1) is 13.7. The van der Waals surface area contributed by atoms with E-state index in [9.17, 15) is 23.1 Å². The maximum absolute atomic E-state index is 13.6. The van der Waals surface area contributed by atoms with Gasteiger partial charge in [0.05, 0.1) is 19.2 Å². The van der Waals surface area contributed by atoms with E-state index in [1.807, 2.05) is 0 Å². The van der Waals surface area contributed by atoms with E-state index in [0.29, 0.717) is 11.3 Å². The van der Waals surface area contributed by atoms with Gasteiger partial charge in [-0.25, -0.2) is 0 Å². The first-order valence-corrected chi connectivity index (χ1v) is 9.16. The van der Waals surface area contributed by atoms with E-state index < -0.39 is 30.8 Å². The second-order valence-corrected chi connectivity index (χ2v) is 7.11. The second-order valence-electron chi connectivity index (χ2n) is 6.19. The quantitative estimate of drug-likeness (QED) is 0.719. The summed E-state index contributed by atoms with van der Waals surface area (Å²) in [6, 6.07) is 12.7. The van der Waals surface area contributed by atoms with E-state index in [1.165, 1.54) is 13.2 Å². The van der Waals surface area contributed by atoms with E-state index in [4.69, 9.17) is 9.47 Å². The molecule has 2 aromatic carbocycles. The molecule has 29 heavy (non-hydrogen) atoms. The highest BCUT2D eigenvalue weighted by Crippen LogP contribution is 2.41. The number of hydrazone groups is 1. The van der Waals surface area contributed by atoms with Crippen molar-refractivity contribution < 1.29 is 32.5 Å². The fraction of sp³-hybridized carbons (Fsp3) is 0.263. The van der Waals surface area contributed by atoms with Gasteiger partial charge in [-0.2, -0.15) is 23.3 Å². The molecule has 1 N–H and O–H groups in total. The molecule has 0 aliphatic carbocycles. The molecule has 0 bridgehead atoms. The van der Waals surface area contributed by atoms with Crippen molar-refractivity contribution in [1.29, 1.82) is 0 Å². The van der Waals surface area contributed by atoms with Crippen molar-refractivity contribution in [1.82, 2.24) is 5.01 Å². The van der Waals surface area contributed by atoms with Gasteiger partial charge in [-0.05, 0) is 29.8 Å². The third kappa shape index (κ3) is 4.23. The molecule has 0 saturated carbocycles. The number of para-hydroxylation sites is 2. The maximum Gasteiger partial charge on any atom is 0.438 e. The first-order valence-electron chi connectivity index (χ1n) is 8.37. The van der Waals surface area contributed by atoms with Gasteiger partial charge >= 0.3 is 6.18 Å². The Morgan fingerprint density at radius 1 is 1.21 bits per heavy atom. The van der Waals surface area contributed by atoms with Crippen molar-refractivity contribution in [2.24, 2.45) is 5.10 Å². The Balaban J connectivity index is 1.86. The number of aliphatic hydroxyl groups is 1. The van der Waals surface area contributed by atoms with Crippen molar-refractivity contribution in [2.45, 2.75) is 18.3 Å². The van der Waals surface area contributed by atoms with Crippen LogP contribution >= 0.6 is 15.9 Å². The molecule has 0 fully saturated rings. The average Bonchev–Trinajstić information content (AvgIpc) is 3.06. The van der Waals surface area contributed by atoms with Crippen molar-refractivity contribution in [2.75, 3.05) is 13.7 Å². The molecule has 0 radical (unpaired) electrons. The molecular weight excluding hydrogens is 457 g/mol. The number of rotatable bonds is 5. The zero-order chi connectivity index (χ0) is 21.2. The molecule has 0 spiro atoms. The second kappa shape index (κ2) is 8.03. The third-order valence-electron chi connectivity index (χ3n) is 4.27. The molecule has 10 heteroatoms. The number of methoxy groups -OCH3 is 1. The summed E-state index contributed by atoms with van der Waals surface area (Å²) < 4.78 is 51.9. The Hall–Kier alpha value is -2.59. The number of halogens is 4. The van der Waals surface area contributed by atoms with Gasteiger partial charge < -0.3 is 14.6 Å². The predicted molar refractivity (Wildman–Crippen MR) is 102 cm³/mol. The molecule has 1 amide bonds. The Morgan fingerprint density at radius 3 is 2.41 bits per heavy atom. The van der Waals surface area contributed by atoms with Crippen LogP contribution in [0.25, 0.3) is 0 Å². The standard InChI is InChI=1S/C19H16BrF3N2O4/c1-28-15-4-2-3-5-16(15)29-11-17(26)25-18(27,19(21,22)23)10-14(24-25)12-6-8-13(20)9-7-12/h2-9,27H,10-11H2,1H3. The minimum Gasteiger partial charge on any atom is -0.493 e. The molecule has 1 unspecified atom stereocenters. The van der Waals surface area contributed by atoms with E-state index in [1.54, 1.807) is 42.5 Å². The lowest BCUT2D eigenvalue weighted by Crippen LogP contribution is -2.57. The molecule has 3 rings (SSSR count). The normalized spacial score (nSPS) is 19.1. The number of benzene rings is 2. The van der Waals surface area contributed by atoms with E-state index >= 15 is 0 Å². The molecule has 1 heterocycles. The zero-order valence-electron chi connectivity index (χ0n) is 15.1. The van der Waals surface area contributed by atoms with Crippen LogP contribution in [0.3, 0.4) is 0 Å². The molecule has 154 valence electrons. The summed E-state index contributed by atoms with van der Waals surface area (Å²) in [5.41, 5.74) is -3.17. The summed E-state index contributed by atoms with van der Waals surface area (Å²) in [7, 11) is 1.39. The molecular formula is C19H16BrF3N2O4. The summed E-state index contributed by atoms with van der Waals surface area (Å²) in [6.07, 6.45) is -6.01. The number of carbonyl (C=O) groups is 1. The van der Waals surface area contributed by atoms with Crippen LogP contribution < -0.4 is 9.47 Å². The number of hydrogen-bond donors (Lipinski definition) is 1. The average molecular weight is 473 g/mol. The first kappa shape index (κ1) is 21.1. The van der Waals surface area contributed by atoms with E-state index in [2.05, 4.69) is 21.0 Å². The number of amides is 1. The Morgan fingerprint density at radius 2 is 1.83 bits per heavy atom. The van der Waals surface area contributed by atoms with Gasteiger partial charge in [0.1, 0.15) is 0 Å². The van der Waals surface area contributed by atoms with Gasteiger partial charge in [-0.15, -0.1) is 0 Å². The van der Waals surface area contributed by atoms with Crippen molar-refractivity contribution >= 4 is 27.5 Å². The molecule has 0 aromatic heterocycles. The topological polar surface area (TPSA) is 71.4 Å². The van der Waals surface area contributed by atoms with Crippen LogP contribution in [0.15, 0.2) is 58.1 Å². The van der Waals surface area contributed by atoms with Crippen LogP contribution in [0.4, 0.5) is 13.2 Å². The lowest BCUT2D eigenvalue weighted by Gasteiger charge is -2.32. The number of carbonyl (C=O) groups excluding carboxylic acids is 1. The van der Waals surface area contributed by atoms with Gasteiger partial charge in [0.2, 0.25) is 0 Å². The molecule has 1 aliphatic rings. The monoisotopic (exact) mass is 472 g/mol. The van der Waals surface area contributed by atoms with E-state index in [0.717, 1.165) is 4.47 Å². The highest BCUT2D eigenvalue weighted by atomic mass is 79.9. The summed E-state index contributed by atoms with van der Waals surface area (Å²) in [5.74, 6) is -0.662. The van der Waals surface area contributed by atoms with Crippen molar-refractivity contribution in [3.63, 3.8) is 0 Å². The highest BCUT2D eigenvalue weighted by molar-refractivity contribution is 9.10. The summed E-state index contributed by atoms with van der Waals surface area (Å²) >= 11 is 3.24. The third-order valence-corrected chi connectivity index (χ3v) is 4.80. The smallest absolute Gasteiger partial charge is 0.438 e. The predicted octanol–water partition coefficient (Wildman–Crippen LogP) is 3.72. The zero-order valence-corrected chi connectivity index (χ0v) is 16.7. The van der Waals surface area contributed by atoms with Gasteiger partial charge in [0.25, 0.3) is 11.6 Å².